The standard InChI is InChI=1S/C83H153NO8/c1-3-5-7-9-11-13-15-17-19-21-23-25-27-29-31-33-35-37-38-39-40-41-43-45-47-49-51-53-55-57-59-61-63-65-67-69-71-73-79(87)84-76(75-91-83-82(90)81(89)80(88)78(74-85)92-83)77(86)72-70-68-66-64-62-60-58-56-54-52-50-48-46-44-42-36-34-32-30-28-26-24-22-20-18-16-14-12-10-8-6-4-2/h5,7,11,13,17,19,23,25,29,31,70,72,76-78,80-83,85-86,88-90H,3-4,6,8-10,12,14-16,18,20-22,24,26-28,30,32-69,71,73-75H2,1-2H3,(H,84,87)/b7-5-,13-11-,19-17-,25-23-,31-29-,72-70+. The maximum absolute atomic E-state index is 13.2. The van der Waals surface area contributed by atoms with Gasteiger partial charge in [-0.1, -0.05) is 395 Å². The normalized spacial score (nSPS) is 18.0. The molecule has 1 aliphatic rings. The number of rotatable bonds is 71. The predicted octanol–water partition coefficient (Wildman–Crippen LogP) is 23.0. The van der Waals surface area contributed by atoms with E-state index in [9.17, 15) is 30.3 Å². The molecule has 1 amide bonds. The van der Waals surface area contributed by atoms with Gasteiger partial charge in [-0.25, -0.2) is 0 Å². The lowest BCUT2D eigenvalue weighted by molar-refractivity contribution is -0.302. The predicted molar refractivity (Wildman–Crippen MR) is 396 cm³/mol. The van der Waals surface area contributed by atoms with Crippen molar-refractivity contribution in [1.29, 1.82) is 0 Å². The lowest BCUT2D eigenvalue weighted by atomic mass is 9.99. The fraction of sp³-hybridized carbons (Fsp3) is 0.843. The van der Waals surface area contributed by atoms with Crippen molar-refractivity contribution in [2.75, 3.05) is 13.2 Å². The summed E-state index contributed by atoms with van der Waals surface area (Å²) in [5.74, 6) is -0.170. The summed E-state index contributed by atoms with van der Waals surface area (Å²) >= 11 is 0. The smallest absolute Gasteiger partial charge is 0.220 e. The van der Waals surface area contributed by atoms with Crippen LogP contribution < -0.4 is 5.32 Å². The minimum atomic E-state index is -1.57. The lowest BCUT2D eigenvalue weighted by Gasteiger charge is -2.40. The number of allylic oxidation sites excluding steroid dienone is 11. The Hall–Kier alpha value is -2.37. The summed E-state index contributed by atoms with van der Waals surface area (Å²) in [5.41, 5.74) is 0. The highest BCUT2D eigenvalue weighted by atomic mass is 16.7. The molecule has 1 heterocycles. The van der Waals surface area contributed by atoms with Crippen molar-refractivity contribution in [3.8, 4) is 0 Å². The first-order valence-electron chi connectivity index (χ1n) is 40.2. The zero-order valence-corrected chi connectivity index (χ0v) is 60.6. The number of carbonyl (C=O) groups is 1. The van der Waals surface area contributed by atoms with E-state index in [2.05, 4.69) is 79.9 Å². The summed E-state index contributed by atoms with van der Waals surface area (Å²) in [5, 5.41) is 54.9. The van der Waals surface area contributed by atoms with Crippen molar-refractivity contribution >= 4 is 5.91 Å². The van der Waals surface area contributed by atoms with Gasteiger partial charge in [-0.15, -0.1) is 0 Å². The van der Waals surface area contributed by atoms with Crippen molar-refractivity contribution < 1.29 is 39.8 Å². The SMILES string of the molecule is CC/C=C\C/C=C\C/C=C\C/C=C\C/C=C\CCCCCCCCCCCCCCCCCCCCCCCC(=O)NC(COC1OC(CO)C(O)C(O)C1O)C(O)/C=C/CCCCCCCCCCCCCCCCCCCCCCCCCCCCCCCC. The third kappa shape index (κ3) is 58.9. The quantitative estimate of drug-likeness (QED) is 0.0261. The van der Waals surface area contributed by atoms with Crippen LogP contribution in [0.2, 0.25) is 0 Å². The highest BCUT2D eigenvalue weighted by molar-refractivity contribution is 5.76. The van der Waals surface area contributed by atoms with Gasteiger partial charge in [0.25, 0.3) is 0 Å². The van der Waals surface area contributed by atoms with Crippen LogP contribution in [0.5, 0.6) is 0 Å². The van der Waals surface area contributed by atoms with Gasteiger partial charge in [-0.2, -0.15) is 0 Å². The van der Waals surface area contributed by atoms with E-state index < -0.39 is 49.5 Å². The van der Waals surface area contributed by atoms with Crippen LogP contribution in [0.25, 0.3) is 0 Å². The van der Waals surface area contributed by atoms with Gasteiger partial charge in [-0.3, -0.25) is 4.79 Å². The summed E-state index contributed by atoms with van der Waals surface area (Å²) in [7, 11) is 0. The molecule has 1 fully saturated rings. The van der Waals surface area contributed by atoms with E-state index in [1.54, 1.807) is 6.08 Å². The van der Waals surface area contributed by atoms with E-state index in [0.717, 1.165) is 70.6 Å². The van der Waals surface area contributed by atoms with Crippen LogP contribution in [0.15, 0.2) is 72.9 Å². The van der Waals surface area contributed by atoms with Gasteiger partial charge < -0.3 is 40.3 Å². The number of aliphatic hydroxyl groups excluding tert-OH is 5. The largest absolute Gasteiger partial charge is 0.394 e. The minimum absolute atomic E-state index is 0.170. The van der Waals surface area contributed by atoms with E-state index in [1.807, 2.05) is 6.08 Å². The Labute approximate surface area is 569 Å². The first-order valence-corrected chi connectivity index (χ1v) is 40.2. The van der Waals surface area contributed by atoms with E-state index in [1.165, 1.54) is 302 Å². The second-order valence-corrected chi connectivity index (χ2v) is 27.8. The maximum Gasteiger partial charge on any atom is 0.220 e. The minimum Gasteiger partial charge on any atom is -0.394 e. The Morgan fingerprint density at radius 2 is 0.674 bits per heavy atom. The molecule has 7 atom stereocenters. The first kappa shape index (κ1) is 87.6. The zero-order chi connectivity index (χ0) is 66.4. The van der Waals surface area contributed by atoms with Crippen molar-refractivity contribution in [2.24, 2.45) is 0 Å². The van der Waals surface area contributed by atoms with Crippen LogP contribution in [0, 0.1) is 0 Å². The van der Waals surface area contributed by atoms with Gasteiger partial charge in [0.05, 0.1) is 25.4 Å². The average molecular weight is 1290 g/mol. The molecule has 0 aliphatic carbocycles. The number of hydrogen-bond donors (Lipinski definition) is 6. The van der Waals surface area contributed by atoms with Crippen molar-refractivity contribution in [2.45, 2.75) is 436 Å². The first-order chi connectivity index (χ1) is 45.3. The molecule has 9 nitrogen and oxygen atoms in total. The van der Waals surface area contributed by atoms with Gasteiger partial charge in [0.2, 0.25) is 5.91 Å². The molecule has 9 heteroatoms. The second-order valence-electron chi connectivity index (χ2n) is 27.8. The third-order valence-electron chi connectivity index (χ3n) is 19.0. The van der Waals surface area contributed by atoms with E-state index in [-0.39, 0.29) is 12.5 Å². The van der Waals surface area contributed by atoms with Crippen LogP contribution in [0.3, 0.4) is 0 Å². The van der Waals surface area contributed by atoms with Gasteiger partial charge in [0, 0.05) is 6.42 Å². The average Bonchev–Trinajstić information content (AvgIpc) is 1.00. The molecule has 0 radical (unpaired) electrons. The zero-order valence-electron chi connectivity index (χ0n) is 60.6. The maximum atomic E-state index is 13.2. The van der Waals surface area contributed by atoms with Crippen molar-refractivity contribution in [3.63, 3.8) is 0 Å². The number of nitrogens with one attached hydrogen (secondary N) is 1. The fourth-order valence-corrected chi connectivity index (χ4v) is 12.8. The van der Waals surface area contributed by atoms with Crippen molar-refractivity contribution in [1.82, 2.24) is 5.32 Å². The van der Waals surface area contributed by atoms with Crippen LogP contribution >= 0.6 is 0 Å². The fourth-order valence-electron chi connectivity index (χ4n) is 12.8. The van der Waals surface area contributed by atoms with E-state index in [4.69, 9.17) is 9.47 Å². The molecule has 1 aliphatic heterocycles. The number of amides is 1. The van der Waals surface area contributed by atoms with Crippen LogP contribution in [-0.2, 0) is 14.3 Å². The second kappa shape index (κ2) is 71.4. The molecule has 0 bridgehead atoms. The van der Waals surface area contributed by atoms with Gasteiger partial charge >= 0.3 is 0 Å². The third-order valence-corrected chi connectivity index (χ3v) is 19.0. The molecule has 0 spiro atoms. The Morgan fingerprint density at radius 3 is 1.00 bits per heavy atom. The number of aliphatic hydroxyl groups is 5. The molecule has 1 rings (SSSR count). The molecular weight excluding hydrogens is 1140 g/mol. The summed E-state index contributed by atoms with van der Waals surface area (Å²) in [6.07, 6.45) is 94.8. The summed E-state index contributed by atoms with van der Waals surface area (Å²) in [6, 6.07) is -0.808. The molecule has 0 saturated carbocycles. The number of carbonyl (C=O) groups excluding carboxylic acids is 1. The molecule has 92 heavy (non-hydrogen) atoms. The lowest BCUT2D eigenvalue weighted by Crippen LogP contribution is -2.60. The van der Waals surface area contributed by atoms with Gasteiger partial charge in [0.15, 0.2) is 6.29 Å². The van der Waals surface area contributed by atoms with Gasteiger partial charge in [-0.05, 0) is 64.2 Å². The Morgan fingerprint density at radius 1 is 0.380 bits per heavy atom. The highest BCUT2D eigenvalue weighted by Crippen LogP contribution is 2.24. The molecule has 1 saturated heterocycles. The molecule has 0 aromatic heterocycles. The Balaban J connectivity index is 2.06. The van der Waals surface area contributed by atoms with Crippen LogP contribution in [-0.4, -0.2) is 87.5 Å². The highest BCUT2D eigenvalue weighted by Gasteiger charge is 2.44. The molecule has 0 aromatic carbocycles. The Kier molecular flexibility index (Phi) is 68.0. The van der Waals surface area contributed by atoms with E-state index >= 15 is 0 Å². The van der Waals surface area contributed by atoms with Crippen LogP contribution in [0.1, 0.15) is 393 Å². The molecule has 538 valence electrons. The number of unbranched alkanes of at least 4 members (excludes halogenated alkanes) is 51. The molecule has 6 N–H and O–H groups in total. The molecule has 0 aromatic rings. The van der Waals surface area contributed by atoms with Crippen LogP contribution in [0.4, 0.5) is 0 Å². The summed E-state index contributed by atoms with van der Waals surface area (Å²) < 4.78 is 11.4. The van der Waals surface area contributed by atoms with Gasteiger partial charge in [0.1, 0.15) is 24.4 Å². The molecule has 7 unspecified atom stereocenters. The molecular formula is C83H153NO8. The summed E-state index contributed by atoms with van der Waals surface area (Å²) in [6.45, 7) is 3.72. The summed E-state index contributed by atoms with van der Waals surface area (Å²) in [4.78, 5) is 13.2. The number of ether oxygens (including phenoxy) is 2. The van der Waals surface area contributed by atoms with E-state index in [0.29, 0.717) is 6.42 Å². The monoisotopic (exact) mass is 1290 g/mol. The number of hydrogen-bond acceptors (Lipinski definition) is 8. The topological polar surface area (TPSA) is 149 Å². The van der Waals surface area contributed by atoms with Crippen molar-refractivity contribution in [3.05, 3.63) is 72.9 Å². The Bertz CT molecular complexity index is 1690.